The molecule has 0 aliphatic carbocycles. The van der Waals surface area contributed by atoms with Crippen LogP contribution >= 0.6 is 0 Å². The summed E-state index contributed by atoms with van der Waals surface area (Å²) in [7, 11) is 0. The van der Waals surface area contributed by atoms with Crippen LogP contribution in [0.4, 0.5) is 5.82 Å². The Balaban J connectivity index is 1.90. The number of amides is 1. The highest BCUT2D eigenvalue weighted by atomic mass is 16.4. The number of para-hydroxylation sites is 1. The van der Waals surface area contributed by atoms with E-state index in [-0.39, 0.29) is 17.1 Å². The van der Waals surface area contributed by atoms with Crippen LogP contribution in [0.25, 0.3) is 10.9 Å². The van der Waals surface area contributed by atoms with Crippen molar-refractivity contribution >= 4 is 28.6 Å². The normalized spacial score (nSPS) is 10.5. The molecule has 104 valence electrons. The number of rotatable bonds is 3. The summed E-state index contributed by atoms with van der Waals surface area (Å²) in [6.45, 7) is 0. The molecule has 2 heterocycles. The van der Waals surface area contributed by atoms with Crippen LogP contribution in [0.2, 0.25) is 0 Å². The second-order valence-corrected chi connectivity index (χ2v) is 4.31. The van der Waals surface area contributed by atoms with Gasteiger partial charge in [-0.1, -0.05) is 18.2 Å². The molecule has 0 radical (unpaired) electrons. The standard InChI is InChI=1S/C14H10N4O3/c19-13(12-9-3-1-2-4-10(9)17-18-12)16-11-7-8(14(20)21)5-6-15-11/h1-7H,(H,17,18)(H,20,21)(H,15,16,19). The minimum Gasteiger partial charge on any atom is -0.478 e. The Labute approximate surface area is 118 Å². The van der Waals surface area contributed by atoms with E-state index in [0.717, 1.165) is 5.52 Å². The highest BCUT2D eigenvalue weighted by Crippen LogP contribution is 2.16. The van der Waals surface area contributed by atoms with Crippen LogP contribution in [0.15, 0.2) is 42.6 Å². The minimum atomic E-state index is -1.09. The molecule has 0 saturated heterocycles. The van der Waals surface area contributed by atoms with Gasteiger partial charge in [0.2, 0.25) is 0 Å². The molecule has 3 N–H and O–H groups in total. The summed E-state index contributed by atoms with van der Waals surface area (Å²) in [4.78, 5) is 27.0. The van der Waals surface area contributed by atoms with E-state index in [2.05, 4.69) is 20.5 Å². The first kappa shape index (κ1) is 12.8. The largest absolute Gasteiger partial charge is 0.478 e. The van der Waals surface area contributed by atoms with Gasteiger partial charge in [-0.3, -0.25) is 9.89 Å². The number of carbonyl (C=O) groups excluding carboxylic acids is 1. The van der Waals surface area contributed by atoms with E-state index >= 15 is 0 Å². The number of carboxylic acid groups (broad SMARTS) is 1. The molecule has 21 heavy (non-hydrogen) atoms. The van der Waals surface area contributed by atoms with Gasteiger partial charge in [0, 0.05) is 11.6 Å². The van der Waals surface area contributed by atoms with Gasteiger partial charge in [0.25, 0.3) is 5.91 Å². The molecule has 0 saturated carbocycles. The predicted octanol–water partition coefficient (Wildman–Crippen LogP) is 1.91. The zero-order chi connectivity index (χ0) is 14.8. The summed E-state index contributed by atoms with van der Waals surface area (Å²) in [6.07, 6.45) is 1.32. The Hall–Kier alpha value is -3.22. The van der Waals surface area contributed by atoms with Crippen LogP contribution in [-0.2, 0) is 0 Å². The van der Waals surface area contributed by atoms with Crippen LogP contribution < -0.4 is 5.32 Å². The predicted molar refractivity (Wildman–Crippen MR) is 75.2 cm³/mol. The number of aromatic amines is 1. The zero-order valence-electron chi connectivity index (χ0n) is 10.7. The number of anilines is 1. The van der Waals surface area contributed by atoms with Gasteiger partial charge in [0.15, 0.2) is 5.69 Å². The van der Waals surface area contributed by atoms with Gasteiger partial charge in [0.1, 0.15) is 5.82 Å². The number of carboxylic acids is 1. The Morgan fingerprint density at radius 3 is 2.81 bits per heavy atom. The summed E-state index contributed by atoms with van der Waals surface area (Å²) in [5.41, 5.74) is 1.02. The molecule has 0 unspecified atom stereocenters. The van der Waals surface area contributed by atoms with E-state index in [4.69, 9.17) is 5.11 Å². The number of carbonyl (C=O) groups is 2. The van der Waals surface area contributed by atoms with Gasteiger partial charge >= 0.3 is 5.97 Å². The molecule has 0 atom stereocenters. The monoisotopic (exact) mass is 282 g/mol. The molecule has 1 aromatic carbocycles. The number of nitrogens with one attached hydrogen (secondary N) is 2. The Morgan fingerprint density at radius 1 is 1.19 bits per heavy atom. The van der Waals surface area contributed by atoms with E-state index in [1.54, 1.807) is 12.1 Å². The van der Waals surface area contributed by atoms with Crippen molar-refractivity contribution in [3.63, 3.8) is 0 Å². The summed E-state index contributed by atoms with van der Waals surface area (Å²) < 4.78 is 0. The van der Waals surface area contributed by atoms with Crippen LogP contribution in [0.5, 0.6) is 0 Å². The highest BCUT2D eigenvalue weighted by Gasteiger charge is 2.15. The molecule has 0 aliphatic heterocycles. The number of hydrogen-bond donors (Lipinski definition) is 3. The first-order valence-corrected chi connectivity index (χ1v) is 6.09. The summed E-state index contributed by atoms with van der Waals surface area (Å²) in [5.74, 6) is -1.38. The van der Waals surface area contributed by atoms with Crippen molar-refractivity contribution in [1.82, 2.24) is 15.2 Å². The zero-order valence-corrected chi connectivity index (χ0v) is 10.7. The third kappa shape index (κ3) is 2.44. The summed E-state index contributed by atoms with van der Waals surface area (Å²) >= 11 is 0. The van der Waals surface area contributed by atoms with E-state index in [0.29, 0.717) is 5.39 Å². The van der Waals surface area contributed by atoms with Gasteiger partial charge in [0.05, 0.1) is 11.1 Å². The van der Waals surface area contributed by atoms with Gasteiger partial charge in [-0.25, -0.2) is 9.78 Å². The fraction of sp³-hybridized carbons (Fsp3) is 0. The van der Waals surface area contributed by atoms with Gasteiger partial charge in [-0.15, -0.1) is 0 Å². The van der Waals surface area contributed by atoms with Crippen molar-refractivity contribution in [3.05, 3.63) is 53.9 Å². The van der Waals surface area contributed by atoms with Crippen molar-refractivity contribution in [1.29, 1.82) is 0 Å². The Morgan fingerprint density at radius 2 is 2.00 bits per heavy atom. The maximum absolute atomic E-state index is 12.2. The van der Waals surface area contributed by atoms with Gasteiger partial charge < -0.3 is 10.4 Å². The molecule has 7 heteroatoms. The molecule has 0 aliphatic rings. The van der Waals surface area contributed by atoms with Crippen LogP contribution in [0, 0.1) is 0 Å². The van der Waals surface area contributed by atoms with E-state index in [1.807, 2.05) is 12.1 Å². The third-order valence-electron chi connectivity index (χ3n) is 2.93. The fourth-order valence-corrected chi connectivity index (χ4v) is 1.94. The second-order valence-electron chi connectivity index (χ2n) is 4.31. The van der Waals surface area contributed by atoms with Gasteiger partial charge in [-0.05, 0) is 18.2 Å². The van der Waals surface area contributed by atoms with Crippen molar-refractivity contribution in [3.8, 4) is 0 Å². The molecule has 0 fully saturated rings. The van der Waals surface area contributed by atoms with Crippen molar-refractivity contribution in [2.75, 3.05) is 5.32 Å². The molecular formula is C14H10N4O3. The number of H-pyrrole nitrogens is 1. The topological polar surface area (TPSA) is 108 Å². The van der Waals surface area contributed by atoms with Crippen LogP contribution in [0.3, 0.4) is 0 Å². The quantitative estimate of drug-likeness (QED) is 0.680. The third-order valence-corrected chi connectivity index (χ3v) is 2.93. The maximum atomic E-state index is 12.2. The summed E-state index contributed by atoms with van der Waals surface area (Å²) in [6, 6.07) is 9.85. The van der Waals surface area contributed by atoms with Crippen molar-refractivity contribution < 1.29 is 14.7 Å². The molecular weight excluding hydrogens is 272 g/mol. The Kier molecular flexibility index (Phi) is 3.07. The van der Waals surface area contributed by atoms with Crippen molar-refractivity contribution in [2.24, 2.45) is 0 Å². The molecule has 3 aromatic rings. The van der Waals surface area contributed by atoms with Crippen LogP contribution in [0.1, 0.15) is 20.8 Å². The lowest BCUT2D eigenvalue weighted by molar-refractivity contribution is 0.0696. The molecule has 0 bridgehead atoms. The first-order chi connectivity index (χ1) is 10.1. The second kappa shape index (κ2) is 5.04. The number of nitrogens with zero attached hydrogens (tertiary/aromatic N) is 2. The lowest BCUT2D eigenvalue weighted by atomic mass is 10.2. The molecule has 1 amide bonds. The SMILES string of the molecule is O=C(O)c1ccnc(NC(=O)c2n[nH]c3ccccc23)c1. The number of pyridine rings is 1. The smallest absolute Gasteiger partial charge is 0.335 e. The number of aromatic carboxylic acids is 1. The fourth-order valence-electron chi connectivity index (χ4n) is 1.94. The van der Waals surface area contributed by atoms with E-state index in [1.165, 1.54) is 18.3 Å². The Bertz CT molecular complexity index is 841. The van der Waals surface area contributed by atoms with Crippen LogP contribution in [-0.4, -0.2) is 32.2 Å². The number of benzene rings is 1. The molecule has 2 aromatic heterocycles. The average Bonchev–Trinajstić information content (AvgIpc) is 2.91. The van der Waals surface area contributed by atoms with Crippen molar-refractivity contribution in [2.45, 2.75) is 0 Å². The lowest BCUT2D eigenvalue weighted by Crippen LogP contribution is -2.14. The molecule has 3 rings (SSSR count). The first-order valence-electron chi connectivity index (χ1n) is 6.09. The van der Waals surface area contributed by atoms with Gasteiger partial charge in [-0.2, -0.15) is 5.10 Å². The molecule has 0 spiro atoms. The number of fused-ring (bicyclic) bond motifs is 1. The highest BCUT2D eigenvalue weighted by molar-refractivity contribution is 6.10. The summed E-state index contributed by atoms with van der Waals surface area (Å²) in [5, 5.41) is 18.9. The maximum Gasteiger partial charge on any atom is 0.335 e. The van der Waals surface area contributed by atoms with E-state index in [9.17, 15) is 9.59 Å². The number of hydrogen-bond acceptors (Lipinski definition) is 4. The van der Waals surface area contributed by atoms with E-state index < -0.39 is 11.9 Å². The molecule has 7 nitrogen and oxygen atoms in total. The average molecular weight is 282 g/mol. The number of aromatic nitrogens is 3. The minimum absolute atomic E-state index is 0.0483. The lowest BCUT2D eigenvalue weighted by Gasteiger charge is -2.03.